The third-order valence-corrected chi connectivity index (χ3v) is 3.65. The summed E-state index contributed by atoms with van der Waals surface area (Å²) in [5.74, 6) is 0.412. The van der Waals surface area contributed by atoms with Gasteiger partial charge in [-0.1, -0.05) is 36.7 Å². The van der Waals surface area contributed by atoms with E-state index in [0.29, 0.717) is 5.92 Å². The van der Waals surface area contributed by atoms with Crippen molar-refractivity contribution >= 4 is 21.8 Å². The molecule has 0 bridgehead atoms. The van der Waals surface area contributed by atoms with Crippen LogP contribution in [0, 0.1) is 5.92 Å². The van der Waals surface area contributed by atoms with Crippen molar-refractivity contribution in [3.63, 3.8) is 0 Å². The zero-order chi connectivity index (χ0) is 10.6. The SMILES string of the molecule is CCC(C)(C)NC(=O)C(Br)C(C)C. The summed E-state index contributed by atoms with van der Waals surface area (Å²) in [7, 11) is 0. The number of rotatable bonds is 4. The van der Waals surface area contributed by atoms with Crippen molar-refractivity contribution in [1.82, 2.24) is 5.32 Å². The second-order valence-electron chi connectivity index (χ2n) is 4.37. The molecule has 2 nitrogen and oxygen atoms in total. The molecule has 3 heteroatoms. The Kier molecular flexibility index (Phi) is 4.97. The molecule has 0 aliphatic rings. The lowest BCUT2D eigenvalue weighted by Gasteiger charge is -2.26. The molecule has 0 spiro atoms. The molecule has 78 valence electrons. The first-order chi connectivity index (χ1) is 5.80. The van der Waals surface area contributed by atoms with Crippen molar-refractivity contribution in [2.45, 2.75) is 51.4 Å². The van der Waals surface area contributed by atoms with Crippen LogP contribution in [0.3, 0.4) is 0 Å². The Hall–Kier alpha value is -0.0500. The molecule has 0 rings (SSSR count). The number of amides is 1. The van der Waals surface area contributed by atoms with Gasteiger partial charge in [-0.3, -0.25) is 4.79 Å². The molecule has 0 aliphatic heterocycles. The molecule has 1 unspecified atom stereocenters. The number of nitrogens with one attached hydrogen (secondary N) is 1. The van der Waals surface area contributed by atoms with E-state index in [2.05, 4.69) is 28.2 Å². The molecular weight excluding hydrogens is 230 g/mol. The zero-order valence-corrected chi connectivity index (χ0v) is 10.7. The third-order valence-electron chi connectivity index (χ3n) is 2.18. The molecule has 0 aliphatic carbocycles. The van der Waals surface area contributed by atoms with E-state index in [9.17, 15) is 4.79 Å². The third kappa shape index (κ3) is 4.65. The van der Waals surface area contributed by atoms with Crippen molar-refractivity contribution < 1.29 is 4.79 Å². The Balaban J connectivity index is 4.15. The quantitative estimate of drug-likeness (QED) is 0.763. The van der Waals surface area contributed by atoms with Gasteiger partial charge in [-0.15, -0.1) is 0 Å². The summed E-state index contributed by atoms with van der Waals surface area (Å²) in [6.45, 7) is 10.2. The molecule has 0 fully saturated rings. The van der Waals surface area contributed by atoms with Gasteiger partial charge in [0.15, 0.2) is 0 Å². The van der Waals surface area contributed by atoms with E-state index >= 15 is 0 Å². The molecule has 0 aromatic rings. The summed E-state index contributed by atoms with van der Waals surface area (Å²) >= 11 is 3.38. The van der Waals surface area contributed by atoms with E-state index in [0.717, 1.165) is 6.42 Å². The van der Waals surface area contributed by atoms with Gasteiger partial charge in [0, 0.05) is 5.54 Å². The average Bonchev–Trinajstić information content (AvgIpc) is 2.02. The maximum atomic E-state index is 11.6. The highest BCUT2D eigenvalue weighted by molar-refractivity contribution is 9.10. The van der Waals surface area contributed by atoms with Crippen molar-refractivity contribution in [3.8, 4) is 0 Å². The number of carbonyl (C=O) groups excluding carboxylic acids is 1. The van der Waals surface area contributed by atoms with E-state index in [4.69, 9.17) is 0 Å². The summed E-state index contributed by atoms with van der Waals surface area (Å²) in [6.07, 6.45) is 0.941. The van der Waals surface area contributed by atoms with Crippen molar-refractivity contribution in [2.24, 2.45) is 5.92 Å². The molecule has 0 aromatic carbocycles. The highest BCUT2D eigenvalue weighted by Crippen LogP contribution is 2.15. The summed E-state index contributed by atoms with van der Waals surface area (Å²) in [6, 6.07) is 0. The van der Waals surface area contributed by atoms with Crippen LogP contribution in [0.5, 0.6) is 0 Å². The average molecular weight is 250 g/mol. The highest BCUT2D eigenvalue weighted by atomic mass is 79.9. The Bertz CT molecular complexity index is 178. The standard InChI is InChI=1S/C10H20BrNO/c1-6-10(4,5)12-9(13)8(11)7(2)3/h7-8H,6H2,1-5H3,(H,12,13). The van der Waals surface area contributed by atoms with Crippen LogP contribution >= 0.6 is 15.9 Å². The summed E-state index contributed by atoms with van der Waals surface area (Å²) in [5.41, 5.74) is -0.0992. The number of carbonyl (C=O) groups is 1. The number of alkyl halides is 1. The van der Waals surface area contributed by atoms with Crippen molar-refractivity contribution in [1.29, 1.82) is 0 Å². The molecule has 1 amide bonds. The minimum atomic E-state index is -0.0992. The van der Waals surface area contributed by atoms with Crippen LogP contribution in [-0.2, 0) is 4.79 Å². The molecule has 1 N–H and O–H groups in total. The number of hydrogen-bond acceptors (Lipinski definition) is 1. The van der Waals surface area contributed by atoms with Crippen molar-refractivity contribution in [3.05, 3.63) is 0 Å². The van der Waals surface area contributed by atoms with Gasteiger partial charge in [-0.05, 0) is 26.2 Å². The smallest absolute Gasteiger partial charge is 0.234 e. The Morgan fingerprint density at radius 2 is 1.92 bits per heavy atom. The Morgan fingerprint density at radius 3 is 2.23 bits per heavy atom. The van der Waals surface area contributed by atoms with Gasteiger partial charge in [-0.25, -0.2) is 0 Å². The summed E-state index contributed by atoms with van der Waals surface area (Å²) in [5, 5.41) is 3.00. The molecule has 0 aromatic heterocycles. The molecular formula is C10H20BrNO. The monoisotopic (exact) mass is 249 g/mol. The van der Waals surface area contributed by atoms with Gasteiger partial charge in [0.05, 0.1) is 4.83 Å². The molecule has 1 atom stereocenters. The van der Waals surface area contributed by atoms with Crippen LogP contribution in [0.15, 0.2) is 0 Å². The Morgan fingerprint density at radius 1 is 1.46 bits per heavy atom. The fraction of sp³-hybridized carbons (Fsp3) is 0.900. The van der Waals surface area contributed by atoms with E-state index in [1.165, 1.54) is 0 Å². The molecule has 0 saturated carbocycles. The topological polar surface area (TPSA) is 29.1 Å². The largest absolute Gasteiger partial charge is 0.350 e. The minimum absolute atomic E-state index is 0.0849. The van der Waals surface area contributed by atoms with Crippen LogP contribution < -0.4 is 5.32 Å². The molecule has 0 saturated heterocycles. The fourth-order valence-electron chi connectivity index (χ4n) is 0.794. The first kappa shape index (κ1) is 12.9. The van der Waals surface area contributed by atoms with Crippen LogP contribution in [-0.4, -0.2) is 16.3 Å². The van der Waals surface area contributed by atoms with Crippen molar-refractivity contribution in [2.75, 3.05) is 0 Å². The normalized spacial score (nSPS) is 14.4. The minimum Gasteiger partial charge on any atom is -0.350 e. The Labute approximate surface area is 89.6 Å². The van der Waals surface area contributed by atoms with Gasteiger partial charge >= 0.3 is 0 Å². The first-order valence-electron chi connectivity index (χ1n) is 4.76. The van der Waals surface area contributed by atoms with Gasteiger partial charge < -0.3 is 5.32 Å². The summed E-state index contributed by atoms with van der Waals surface area (Å²) < 4.78 is 0. The number of hydrogen-bond donors (Lipinski definition) is 1. The van der Waals surface area contributed by atoms with Gasteiger partial charge in [-0.2, -0.15) is 0 Å². The maximum absolute atomic E-state index is 11.6. The molecule has 0 radical (unpaired) electrons. The van der Waals surface area contributed by atoms with E-state index in [-0.39, 0.29) is 16.3 Å². The lowest BCUT2D eigenvalue weighted by Crippen LogP contribution is -2.47. The van der Waals surface area contributed by atoms with Crippen LogP contribution in [0.2, 0.25) is 0 Å². The van der Waals surface area contributed by atoms with Crippen LogP contribution in [0.25, 0.3) is 0 Å². The number of halogens is 1. The predicted octanol–water partition coefficient (Wildman–Crippen LogP) is 2.71. The van der Waals surface area contributed by atoms with Crippen LogP contribution in [0.1, 0.15) is 41.0 Å². The van der Waals surface area contributed by atoms with Gasteiger partial charge in [0.1, 0.15) is 0 Å². The van der Waals surface area contributed by atoms with Gasteiger partial charge in [0.2, 0.25) is 5.91 Å². The highest BCUT2D eigenvalue weighted by Gasteiger charge is 2.24. The van der Waals surface area contributed by atoms with E-state index < -0.39 is 0 Å². The van der Waals surface area contributed by atoms with E-state index in [1.54, 1.807) is 0 Å². The summed E-state index contributed by atoms with van der Waals surface area (Å²) in [4.78, 5) is 11.5. The fourth-order valence-corrected chi connectivity index (χ4v) is 0.908. The van der Waals surface area contributed by atoms with Gasteiger partial charge in [0.25, 0.3) is 0 Å². The first-order valence-corrected chi connectivity index (χ1v) is 5.68. The predicted molar refractivity (Wildman–Crippen MR) is 60.1 cm³/mol. The second-order valence-corrected chi connectivity index (χ2v) is 5.36. The van der Waals surface area contributed by atoms with Crippen LogP contribution in [0.4, 0.5) is 0 Å². The van der Waals surface area contributed by atoms with E-state index in [1.807, 2.05) is 27.7 Å². The molecule has 0 heterocycles. The molecule has 13 heavy (non-hydrogen) atoms. The zero-order valence-electron chi connectivity index (χ0n) is 9.15. The maximum Gasteiger partial charge on any atom is 0.234 e. The second kappa shape index (κ2) is 4.99. The lowest BCUT2D eigenvalue weighted by atomic mass is 10.0. The lowest BCUT2D eigenvalue weighted by molar-refractivity contribution is -0.122.